The van der Waals surface area contributed by atoms with Crippen molar-refractivity contribution in [3.63, 3.8) is 0 Å². The molecule has 1 heterocycles. The number of ether oxygens (including phenoxy) is 1. The molecule has 0 aromatic carbocycles. The van der Waals surface area contributed by atoms with E-state index >= 15 is 0 Å². The number of nitrogens with zero attached hydrogens (tertiary/aromatic N) is 1. The number of hydrogen-bond acceptors (Lipinski definition) is 3. The molecule has 0 N–H and O–H groups in total. The van der Waals surface area contributed by atoms with Gasteiger partial charge in [0.05, 0.1) is 0 Å². The summed E-state index contributed by atoms with van der Waals surface area (Å²) in [5, 5.41) is 0. The van der Waals surface area contributed by atoms with Crippen molar-refractivity contribution in [1.82, 2.24) is 4.98 Å². The summed E-state index contributed by atoms with van der Waals surface area (Å²) in [7, 11) is 0. The Morgan fingerprint density at radius 2 is 2.19 bits per heavy atom. The number of aromatic nitrogens is 1. The van der Waals surface area contributed by atoms with E-state index in [9.17, 15) is 4.79 Å². The lowest BCUT2D eigenvalue weighted by atomic mass is 10.00. The second kappa shape index (κ2) is 9.32. The number of unbranched alkanes of at least 4 members (excludes halogenated alkanes) is 3. The Morgan fingerprint density at radius 3 is 2.95 bits per heavy atom. The second-order valence-electron chi connectivity index (χ2n) is 5.74. The van der Waals surface area contributed by atoms with Gasteiger partial charge in [0.2, 0.25) is 0 Å². The molecule has 0 saturated heterocycles. The molecule has 1 aromatic rings. The number of esters is 1. The van der Waals surface area contributed by atoms with E-state index in [2.05, 4.69) is 17.1 Å². The molecule has 1 aliphatic carbocycles. The molecule has 3 nitrogen and oxygen atoms in total. The van der Waals surface area contributed by atoms with E-state index in [4.69, 9.17) is 4.74 Å². The fourth-order valence-electron chi connectivity index (χ4n) is 2.68. The van der Waals surface area contributed by atoms with E-state index in [1.165, 1.54) is 32.1 Å². The molecule has 21 heavy (non-hydrogen) atoms. The molecule has 0 aliphatic heterocycles. The summed E-state index contributed by atoms with van der Waals surface area (Å²) in [4.78, 5) is 15.6. The first-order chi connectivity index (χ1) is 10.3. The number of pyridine rings is 1. The zero-order chi connectivity index (χ0) is 14.8. The first-order valence-electron chi connectivity index (χ1n) is 8.06. The molecule has 0 radical (unpaired) electrons. The van der Waals surface area contributed by atoms with Gasteiger partial charge in [-0.2, -0.15) is 0 Å². The second-order valence-corrected chi connectivity index (χ2v) is 5.74. The van der Waals surface area contributed by atoms with Crippen molar-refractivity contribution in [1.29, 1.82) is 0 Å². The third-order valence-electron chi connectivity index (χ3n) is 3.94. The van der Waals surface area contributed by atoms with Gasteiger partial charge in [-0.25, -0.2) is 0 Å². The molecule has 0 amide bonds. The van der Waals surface area contributed by atoms with Crippen LogP contribution in [0.4, 0.5) is 0 Å². The number of rotatable bonds is 9. The van der Waals surface area contributed by atoms with Crippen molar-refractivity contribution >= 4 is 5.97 Å². The lowest BCUT2D eigenvalue weighted by Gasteiger charge is -2.07. The maximum atomic E-state index is 11.6. The van der Waals surface area contributed by atoms with Gasteiger partial charge in [-0.05, 0) is 37.7 Å². The maximum absolute atomic E-state index is 11.6. The van der Waals surface area contributed by atoms with Crippen LogP contribution in [0.25, 0.3) is 0 Å². The molecular formula is C18H25NO2. The summed E-state index contributed by atoms with van der Waals surface area (Å²) < 4.78 is 5.23. The van der Waals surface area contributed by atoms with Crippen molar-refractivity contribution in [2.24, 2.45) is 5.92 Å². The van der Waals surface area contributed by atoms with Crippen LogP contribution in [0.3, 0.4) is 0 Å². The third kappa shape index (κ3) is 6.56. The van der Waals surface area contributed by atoms with Crippen molar-refractivity contribution < 1.29 is 9.53 Å². The quantitative estimate of drug-likeness (QED) is 0.383. The summed E-state index contributed by atoms with van der Waals surface area (Å²) in [6.07, 6.45) is 17.1. The number of carbonyl (C=O) groups excluding carboxylic acids is 1. The molecule has 0 bridgehead atoms. The summed E-state index contributed by atoms with van der Waals surface area (Å²) in [5.74, 6) is 0.715. The Labute approximate surface area is 127 Å². The van der Waals surface area contributed by atoms with Crippen LogP contribution >= 0.6 is 0 Å². The van der Waals surface area contributed by atoms with Crippen LogP contribution in [0.2, 0.25) is 0 Å². The minimum absolute atomic E-state index is 0.0995. The lowest BCUT2D eigenvalue weighted by Crippen LogP contribution is -2.04. The number of carbonyl (C=O) groups is 1. The largest absolute Gasteiger partial charge is 0.461 e. The lowest BCUT2D eigenvalue weighted by molar-refractivity contribution is -0.145. The van der Waals surface area contributed by atoms with Gasteiger partial charge in [-0.15, -0.1) is 0 Å². The van der Waals surface area contributed by atoms with Gasteiger partial charge in [0, 0.05) is 24.4 Å². The van der Waals surface area contributed by atoms with Gasteiger partial charge < -0.3 is 4.74 Å². The standard InChI is InChI=1S/C18H25NO2/c20-18(21-15-17-11-7-13-19-14-17)12-4-2-1-3-8-16-9-5-6-10-16/h5,7,9,11,13-14,16H,1-4,6,8,10,12,15H2. The van der Waals surface area contributed by atoms with Crippen LogP contribution in [0.1, 0.15) is 56.9 Å². The Balaban J connectivity index is 1.44. The highest BCUT2D eigenvalue weighted by Gasteiger charge is 2.08. The van der Waals surface area contributed by atoms with E-state index in [-0.39, 0.29) is 5.97 Å². The first kappa shape index (κ1) is 15.7. The van der Waals surface area contributed by atoms with E-state index in [0.717, 1.165) is 24.3 Å². The zero-order valence-electron chi connectivity index (χ0n) is 12.7. The third-order valence-corrected chi connectivity index (χ3v) is 3.94. The molecule has 1 aliphatic rings. The van der Waals surface area contributed by atoms with E-state index in [0.29, 0.717) is 13.0 Å². The zero-order valence-corrected chi connectivity index (χ0v) is 12.7. The monoisotopic (exact) mass is 287 g/mol. The van der Waals surface area contributed by atoms with Gasteiger partial charge in [0.25, 0.3) is 0 Å². The molecule has 1 atom stereocenters. The van der Waals surface area contributed by atoms with Crippen LogP contribution in [0.15, 0.2) is 36.7 Å². The van der Waals surface area contributed by atoms with E-state index in [1.807, 2.05) is 12.1 Å². The molecule has 0 saturated carbocycles. The minimum Gasteiger partial charge on any atom is -0.461 e. The van der Waals surface area contributed by atoms with E-state index in [1.54, 1.807) is 12.4 Å². The fourth-order valence-corrected chi connectivity index (χ4v) is 2.68. The first-order valence-corrected chi connectivity index (χ1v) is 8.06. The molecule has 114 valence electrons. The average molecular weight is 287 g/mol. The van der Waals surface area contributed by atoms with Crippen molar-refractivity contribution in [2.75, 3.05) is 0 Å². The normalized spacial score (nSPS) is 17.0. The Kier molecular flexibility index (Phi) is 6.99. The van der Waals surface area contributed by atoms with Crippen molar-refractivity contribution in [2.45, 2.75) is 58.0 Å². The number of hydrogen-bond donors (Lipinski definition) is 0. The predicted molar refractivity (Wildman–Crippen MR) is 83.6 cm³/mol. The maximum Gasteiger partial charge on any atom is 0.306 e. The summed E-state index contributed by atoms with van der Waals surface area (Å²) in [6, 6.07) is 3.76. The Hall–Kier alpha value is -1.64. The molecule has 2 rings (SSSR count). The van der Waals surface area contributed by atoms with Gasteiger partial charge in [0.1, 0.15) is 6.61 Å². The average Bonchev–Trinajstić information content (AvgIpc) is 3.03. The van der Waals surface area contributed by atoms with Crippen LogP contribution in [-0.4, -0.2) is 11.0 Å². The topological polar surface area (TPSA) is 39.2 Å². The highest BCUT2D eigenvalue weighted by Crippen LogP contribution is 2.23. The predicted octanol–water partition coefficient (Wildman–Crippen LogP) is 4.43. The highest BCUT2D eigenvalue weighted by atomic mass is 16.5. The molecule has 1 aromatic heterocycles. The van der Waals surface area contributed by atoms with E-state index < -0.39 is 0 Å². The Bertz CT molecular complexity index is 442. The van der Waals surface area contributed by atoms with Crippen LogP contribution in [0, 0.1) is 5.92 Å². The smallest absolute Gasteiger partial charge is 0.306 e. The van der Waals surface area contributed by atoms with Crippen LogP contribution in [-0.2, 0) is 16.1 Å². The number of allylic oxidation sites excluding steroid dienone is 2. The molecule has 1 unspecified atom stereocenters. The van der Waals surface area contributed by atoms with Gasteiger partial charge in [-0.3, -0.25) is 9.78 Å². The molecule has 0 spiro atoms. The minimum atomic E-state index is -0.0995. The summed E-state index contributed by atoms with van der Waals surface area (Å²) in [5.41, 5.74) is 0.940. The SMILES string of the molecule is O=C(CCCCCCC1C=CCC1)OCc1cccnc1. The summed E-state index contributed by atoms with van der Waals surface area (Å²) >= 11 is 0. The van der Waals surface area contributed by atoms with Gasteiger partial charge >= 0.3 is 5.97 Å². The highest BCUT2D eigenvalue weighted by molar-refractivity contribution is 5.69. The van der Waals surface area contributed by atoms with Crippen molar-refractivity contribution in [3.05, 3.63) is 42.2 Å². The van der Waals surface area contributed by atoms with Crippen molar-refractivity contribution in [3.8, 4) is 0 Å². The molecule has 3 heteroatoms. The van der Waals surface area contributed by atoms with Crippen LogP contribution in [0.5, 0.6) is 0 Å². The molecular weight excluding hydrogens is 262 g/mol. The van der Waals surface area contributed by atoms with Gasteiger partial charge in [-0.1, -0.05) is 37.5 Å². The fraction of sp³-hybridized carbons (Fsp3) is 0.556. The van der Waals surface area contributed by atoms with Gasteiger partial charge in [0.15, 0.2) is 0 Å². The Morgan fingerprint density at radius 1 is 1.29 bits per heavy atom. The molecule has 0 fully saturated rings. The summed E-state index contributed by atoms with van der Waals surface area (Å²) in [6.45, 7) is 0.334. The van der Waals surface area contributed by atoms with Crippen LogP contribution < -0.4 is 0 Å².